The van der Waals surface area contributed by atoms with Gasteiger partial charge >= 0.3 is 5.97 Å². The van der Waals surface area contributed by atoms with Gasteiger partial charge in [0.1, 0.15) is 19.0 Å². The van der Waals surface area contributed by atoms with E-state index in [0.29, 0.717) is 32.3 Å². The molecule has 4 rings (SSSR count). The van der Waals surface area contributed by atoms with Crippen molar-refractivity contribution in [1.29, 1.82) is 0 Å². The number of hydrogen-bond acceptors (Lipinski definition) is 6. The van der Waals surface area contributed by atoms with Crippen LogP contribution < -0.4 is 15.4 Å². The lowest BCUT2D eigenvalue weighted by atomic mass is 9.94. The number of hydrogen-bond donors (Lipinski definition) is 3. The van der Waals surface area contributed by atoms with Gasteiger partial charge in [-0.2, -0.15) is 0 Å². The summed E-state index contributed by atoms with van der Waals surface area (Å²) in [5.41, 5.74) is 3.80. The highest BCUT2D eigenvalue weighted by Gasteiger charge is 2.27. The first-order valence-corrected chi connectivity index (χ1v) is 17.8. The highest BCUT2D eigenvalue weighted by molar-refractivity contribution is 5.86. The van der Waals surface area contributed by atoms with Crippen LogP contribution in [0.3, 0.4) is 0 Å². The summed E-state index contributed by atoms with van der Waals surface area (Å²) >= 11 is 0. The Kier molecular flexibility index (Phi) is 16.4. The van der Waals surface area contributed by atoms with E-state index in [1.54, 1.807) is 12.2 Å². The van der Waals surface area contributed by atoms with E-state index >= 15 is 0 Å². The van der Waals surface area contributed by atoms with E-state index < -0.39 is 18.0 Å². The van der Waals surface area contributed by atoms with Crippen LogP contribution in [0.2, 0.25) is 0 Å². The molecule has 0 spiro atoms. The Morgan fingerprint density at radius 1 is 0.712 bits per heavy atom. The van der Waals surface area contributed by atoms with E-state index in [2.05, 4.69) is 23.8 Å². The molecule has 0 aliphatic heterocycles. The average Bonchev–Trinajstić information content (AvgIpc) is 3.18. The van der Waals surface area contributed by atoms with Gasteiger partial charge in [-0.3, -0.25) is 14.4 Å². The van der Waals surface area contributed by atoms with Crippen molar-refractivity contribution in [2.45, 2.75) is 57.2 Å². The van der Waals surface area contributed by atoms with Gasteiger partial charge in [0, 0.05) is 6.42 Å². The van der Waals surface area contributed by atoms with Gasteiger partial charge in [-0.15, -0.1) is 13.2 Å². The summed E-state index contributed by atoms with van der Waals surface area (Å²) in [6.45, 7) is 7.72. The number of ether oxygens (including phenoxy) is 2. The third-order valence-electron chi connectivity index (χ3n) is 8.78. The van der Waals surface area contributed by atoms with Crippen molar-refractivity contribution < 1.29 is 29.0 Å². The largest absolute Gasteiger partial charge is 0.489 e. The van der Waals surface area contributed by atoms with Crippen LogP contribution in [-0.2, 0) is 38.6 Å². The molecule has 3 N–H and O–H groups in total. The second kappa shape index (κ2) is 21.7. The van der Waals surface area contributed by atoms with Crippen LogP contribution in [0.4, 0.5) is 0 Å². The Morgan fingerprint density at radius 2 is 1.33 bits per heavy atom. The second-order valence-electron chi connectivity index (χ2n) is 12.8. The van der Waals surface area contributed by atoms with Crippen molar-refractivity contribution in [2.75, 3.05) is 13.2 Å². The molecule has 8 nitrogen and oxygen atoms in total. The molecule has 0 aliphatic carbocycles. The summed E-state index contributed by atoms with van der Waals surface area (Å²) in [6, 6.07) is 35.4. The number of nitrogens with one attached hydrogen (secondary N) is 2. The van der Waals surface area contributed by atoms with E-state index in [9.17, 15) is 19.5 Å². The summed E-state index contributed by atoms with van der Waals surface area (Å²) in [4.78, 5) is 40.3. The zero-order chi connectivity index (χ0) is 37.0. The van der Waals surface area contributed by atoms with E-state index in [1.165, 1.54) is 0 Å². The van der Waals surface area contributed by atoms with Gasteiger partial charge in [-0.05, 0) is 66.5 Å². The molecule has 2 amide bonds. The molecule has 0 aliphatic rings. The van der Waals surface area contributed by atoms with Gasteiger partial charge < -0.3 is 25.2 Å². The Hall–Kier alpha value is -5.47. The second-order valence-corrected chi connectivity index (χ2v) is 12.8. The summed E-state index contributed by atoms with van der Waals surface area (Å²) in [6.07, 6.45) is 5.75. The fourth-order valence-corrected chi connectivity index (χ4v) is 5.90. The van der Waals surface area contributed by atoms with Gasteiger partial charge in [0.25, 0.3) is 0 Å². The molecule has 4 atom stereocenters. The van der Waals surface area contributed by atoms with Crippen LogP contribution in [-0.4, -0.2) is 42.1 Å². The van der Waals surface area contributed by atoms with Crippen LogP contribution in [0.5, 0.6) is 5.75 Å². The molecule has 0 aromatic heterocycles. The quantitative estimate of drug-likeness (QED) is 0.0596. The highest BCUT2D eigenvalue weighted by Crippen LogP contribution is 2.21. The fraction of sp³-hybridized carbons (Fsp3) is 0.295. The molecule has 272 valence electrons. The predicted molar refractivity (Wildman–Crippen MR) is 204 cm³/mol. The monoisotopic (exact) mass is 702 g/mol. The molecule has 4 unspecified atom stereocenters. The Bertz CT molecular complexity index is 1680. The number of allylic oxidation sites excluding steroid dienone is 2. The highest BCUT2D eigenvalue weighted by atomic mass is 16.5. The molecular formula is C44H50N2O6. The number of aliphatic hydroxyl groups is 1. The van der Waals surface area contributed by atoms with Crippen molar-refractivity contribution in [2.24, 2.45) is 11.8 Å². The number of carbonyl (C=O) groups excluding carboxylic acids is 3. The predicted octanol–water partition coefficient (Wildman–Crippen LogP) is 7.09. The fourth-order valence-electron chi connectivity index (χ4n) is 5.90. The number of carbonyl (C=O) groups is 3. The minimum Gasteiger partial charge on any atom is -0.489 e. The van der Waals surface area contributed by atoms with Gasteiger partial charge in [0.15, 0.2) is 0 Å². The average molecular weight is 703 g/mol. The van der Waals surface area contributed by atoms with Crippen LogP contribution in [0.25, 0.3) is 0 Å². The standard InChI is InChI=1S/C44H50N2O6/c1-3-5-20-38(27-33-16-9-6-10-17-33)44(50)52-32-41(36-21-13-8-14-22-36)46-43(49)37(15-4-2)29-42(48)45-39(30-47)28-34-23-25-40(26-24-34)51-31-35-18-11-7-12-19-35/h3-4,6-14,16-19,21-26,37-39,41,47H,1-2,5,15,20,27-32H2,(H,45,48)(H,46,49). The molecule has 0 fully saturated rings. The molecule has 0 radical (unpaired) electrons. The third kappa shape index (κ3) is 13.3. The van der Waals surface area contributed by atoms with Crippen LogP contribution in [0.15, 0.2) is 141 Å². The van der Waals surface area contributed by atoms with E-state index in [0.717, 1.165) is 28.0 Å². The SMILES string of the molecule is C=CCCC(Cc1ccccc1)C(=O)OCC(NC(=O)C(CC=C)CC(=O)NC(CO)Cc1ccc(OCc2ccccc2)cc1)c1ccccc1. The summed E-state index contributed by atoms with van der Waals surface area (Å²) < 4.78 is 11.7. The molecule has 0 bridgehead atoms. The van der Waals surface area contributed by atoms with Gasteiger partial charge in [-0.25, -0.2) is 0 Å². The Labute approximate surface area is 307 Å². The van der Waals surface area contributed by atoms with Crippen molar-refractivity contribution in [3.8, 4) is 5.75 Å². The zero-order valence-corrected chi connectivity index (χ0v) is 29.7. The number of amides is 2. The first-order chi connectivity index (χ1) is 25.4. The topological polar surface area (TPSA) is 114 Å². The molecule has 8 heteroatoms. The maximum atomic E-state index is 13.7. The molecule has 4 aromatic rings. The molecule has 0 heterocycles. The third-order valence-corrected chi connectivity index (χ3v) is 8.78. The van der Waals surface area contributed by atoms with E-state index in [4.69, 9.17) is 9.47 Å². The number of aliphatic hydroxyl groups excluding tert-OH is 1. The number of benzene rings is 4. The summed E-state index contributed by atoms with van der Waals surface area (Å²) in [7, 11) is 0. The first kappa shape index (κ1) is 39.3. The van der Waals surface area contributed by atoms with Gasteiger partial charge in [0.05, 0.1) is 30.5 Å². The lowest BCUT2D eigenvalue weighted by molar-refractivity contribution is -0.150. The lowest BCUT2D eigenvalue weighted by Gasteiger charge is -2.24. The summed E-state index contributed by atoms with van der Waals surface area (Å²) in [5, 5.41) is 16.0. The molecular weight excluding hydrogens is 652 g/mol. The van der Waals surface area contributed by atoms with Crippen molar-refractivity contribution in [3.05, 3.63) is 163 Å². The maximum Gasteiger partial charge on any atom is 0.309 e. The number of esters is 1. The Morgan fingerprint density at radius 3 is 1.94 bits per heavy atom. The molecule has 0 saturated heterocycles. The molecule has 52 heavy (non-hydrogen) atoms. The molecule has 4 aromatic carbocycles. The zero-order valence-electron chi connectivity index (χ0n) is 29.7. The first-order valence-electron chi connectivity index (χ1n) is 17.8. The number of rotatable bonds is 22. The van der Waals surface area contributed by atoms with Crippen LogP contribution in [0, 0.1) is 11.8 Å². The van der Waals surface area contributed by atoms with Crippen molar-refractivity contribution >= 4 is 17.8 Å². The smallest absolute Gasteiger partial charge is 0.309 e. The van der Waals surface area contributed by atoms with Crippen LogP contribution in [0.1, 0.15) is 54.0 Å². The lowest BCUT2D eigenvalue weighted by Crippen LogP contribution is -2.42. The van der Waals surface area contributed by atoms with Crippen molar-refractivity contribution in [3.63, 3.8) is 0 Å². The Balaban J connectivity index is 1.34. The summed E-state index contributed by atoms with van der Waals surface area (Å²) in [5.74, 6) is -1.43. The normalized spacial score (nSPS) is 13.1. The minimum atomic E-state index is -0.724. The van der Waals surface area contributed by atoms with E-state index in [1.807, 2.05) is 115 Å². The van der Waals surface area contributed by atoms with Gasteiger partial charge in [0.2, 0.25) is 11.8 Å². The van der Waals surface area contributed by atoms with Gasteiger partial charge in [-0.1, -0.05) is 115 Å². The van der Waals surface area contributed by atoms with Crippen molar-refractivity contribution in [1.82, 2.24) is 10.6 Å². The minimum absolute atomic E-state index is 0.0658. The van der Waals surface area contributed by atoms with E-state index in [-0.39, 0.29) is 49.8 Å². The molecule has 0 saturated carbocycles. The van der Waals surface area contributed by atoms with Crippen LogP contribution >= 0.6 is 0 Å². The maximum absolute atomic E-state index is 13.7.